The molecule has 94 valence electrons. The molecule has 1 heterocycles. The van der Waals surface area contributed by atoms with E-state index >= 15 is 0 Å². The Bertz CT molecular complexity index is 603. The van der Waals surface area contributed by atoms with E-state index in [4.69, 9.17) is 0 Å². The molecule has 0 radical (unpaired) electrons. The molecule has 0 unspecified atom stereocenters. The molecule has 2 rings (SSSR count). The molecule has 0 spiro atoms. The van der Waals surface area contributed by atoms with Gasteiger partial charge in [0.25, 0.3) is 5.91 Å². The Kier molecular flexibility index (Phi) is 3.88. The highest BCUT2D eigenvalue weighted by Crippen LogP contribution is 2.14. The third kappa shape index (κ3) is 2.84. The lowest BCUT2D eigenvalue weighted by molar-refractivity contribution is 0.102. The summed E-state index contributed by atoms with van der Waals surface area (Å²) in [6.07, 6.45) is 1.82. The van der Waals surface area contributed by atoms with Crippen molar-refractivity contribution in [3.63, 3.8) is 0 Å². The first-order chi connectivity index (χ1) is 8.70. The minimum absolute atomic E-state index is 0.234. The van der Waals surface area contributed by atoms with E-state index in [1.165, 1.54) is 0 Å². The molecule has 0 aliphatic carbocycles. The number of rotatable bonds is 4. The van der Waals surface area contributed by atoms with Gasteiger partial charge in [-0.1, -0.05) is 31.5 Å². The van der Waals surface area contributed by atoms with Crippen LogP contribution in [0.25, 0.3) is 0 Å². The molecular weight excluding hydrogens is 250 g/mol. The van der Waals surface area contributed by atoms with Gasteiger partial charge in [0.15, 0.2) is 0 Å². The summed E-state index contributed by atoms with van der Waals surface area (Å²) < 4.78 is 0. The summed E-state index contributed by atoms with van der Waals surface area (Å²) in [5, 5.41) is 8.87. The van der Waals surface area contributed by atoms with Gasteiger partial charge in [-0.3, -0.25) is 14.9 Å². The monoisotopic (exact) mass is 263 g/mol. The highest BCUT2D eigenvalue weighted by molar-refractivity contribution is 7.13. The standard InChI is InChI=1S/C12H13N3O2S/c1-2-5-8-6-3-4-7-9(8)10(16)13-11-14-15-12(17)18-11/h3-4,6-7H,2,5H2,1H3,(H,15,17)(H,13,14,16). The molecule has 0 saturated heterocycles. The van der Waals surface area contributed by atoms with Crippen molar-refractivity contribution in [2.45, 2.75) is 19.8 Å². The van der Waals surface area contributed by atoms with E-state index in [2.05, 4.69) is 22.4 Å². The average Bonchev–Trinajstić information content (AvgIpc) is 2.76. The zero-order valence-electron chi connectivity index (χ0n) is 9.90. The fraction of sp³-hybridized carbons (Fsp3) is 0.250. The summed E-state index contributed by atoms with van der Waals surface area (Å²) in [7, 11) is 0. The number of hydrogen-bond acceptors (Lipinski definition) is 4. The Balaban J connectivity index is 2.20. The van der Waals surface area contributed by atoms with E-state index in [9.17, 15) is 9.59 Å². The second kappa shape index (κ2) is 5.59. The van der Waals surface area contributed by atoms with E-state index in [1.54, 1.807) is 6.07 Å². The maximum absolute atomic E-state index is 12.1. The van der Waals surface area contributed by atoms with Crippen LogP contribution in [0.1, 0.15) is 29.3 Å². The van der Waals surface area contributed by atoms with Crippen LogP contribution in [0.5, 0.6) is 0 Å². The van der Waals surface area contributed by atoms with Crippen LogP contribution in [0.4, 0.5) is 5.13 Å². The molecule has 0 bridgehead atoms. The second-order valence-electron chi connectivity index (χ2n) is 3.78. The van der Waals surface area contributed by atoms with Gasteiger partial charge in [0, 0.05) is 5.56 Å². The lowest BCUT2D eigenvalue weighted by Gasteiger charge is -2.07. The van der Waals surface area contributed by atoms with Crippen molar-refractivity contribution < 1.29 is 4.79 Å². The number of carbonyl (C=O) groups is 1. The van der Waals surface area contributed by atoms with Crippen LogP contribution in [-0.4, -0.2) is 16.1 Å². The van der Waals surface area contributed by atoms with Gasteiger partial charge >= 0.3 is 4.87 Å². The number of aryl methyl sites for hydroxylation is 1. The van der Waals surface area contributed by atoms with Crippen LogP contribution < -0.4 is 10.2 Å². The minimum Gasteiger partial charge on any atom is -0.296 e. The molecule has 2 N–H and O–H groups in total. The number of amides is 1. The van der Waals surface area contributed by atoms with E-state index in [-0.39, 0.29) is 15.9 Å². The van der Waals surface area contributed by atoms with Crippen LogP contribution >= 0.6 is 11.3 Å². The van der Waals surface area contributed by atoms with Gasteiger partial charge in [-0.25, -0.2) is 5.10 Å². The summed E-state index contributed by atoms with van der Waals surface area (Å²) in [6, 6.07) is 7.44. The molecule has 1 aromatic heterocycles. The number of anilines is 1. The molecule has 18 heavy (non-hydrogen) atoms. The summed E-state index contributed by atoms with van der Waals surface area (Å²) in [5.41, 5.74) is 1.63. The first-order valence-corrected chi connectivity index (χ1v) is 6.47. The van der Waals surface area contributed by atoms with E-state index in [0.717, 1.165) is 29.7 Å². The Morgan fingerprint density at radius 2 is 2.22 bits per heavy atom. The number of aromatic nitrogens is 2. The first kappa shape index (κ1) is 12.5. The van der Waals surface area contributed by atoms with Gasteiger partial charge in [-0.05, 0) is 29.4 Å². The van der Waals surface area contributed by atoms with Crippen molar-refractivity contribution in [3.8, 4) is 0 Å². The van der Waals surface area contributed by atoms with Gasteiger partial charge in [0.05, 0.1) is 0 Å². The molecule has 2 aromatic rings. The van der Waals surface area contributed by atoms with Crippen molar-refractivity contribution in [2.24, 2.45) is 0 Å². The van der Waals surface area contributed by atoms with E-state index in [0.29, 0.717) is 5.56 Å². The van der Waals surface area contributed by atoms with Crippen LogP contribution in [0.3, 0.4) is 0 Å². The van der Waals surface area contributed by atoms with E-state index < -0.39 is 0 Å². The summed E-state index contributed by atoms with van der Waals surface area (Å²) in [4.78, 5) is 22.7. The van der Waals surface area contributed by atoms with E-state index in [1.807, 2.05) is 18.2 Å². The van der Waals surface area contributed by atoms with Crippen molar-refractivity contribution in [3.05, 3.63) is 45.1 Å². The van der Waals surface area contributed by atoms with Crippen molar-refractivity contribution in [1.82, 2.24) is 10.2 Å². The third-order valence-corrected chi connectivity index (χ3v) is 3.10. The highest BCUT2D eigenvalue weighted by Gasteiger charge is 2.12. The van der Waals surface area contributed by atoms with Gasteiger partial charge in [0.1, 0.15) is 0 Å². The van der Waals surface area contributed by atoms with Crippen LogP contribution in [0.15, 0.2) is 29.1 Å². The minimum atomic E-state index is -0.285. The molecule has 0 saturated carbocycles. The van der Waals surface area contributed by atoms with Crippen LogP contribution in [0, 0.1) is 0 Å². The zero-order valence-corrected chi connectivity index (χ0v) is 10.7. The van der Waals surface area contributed by atoms with Crippen molar-refractivity contribution in [2.75, 3.05) is 5.32 Å². The number of nitrogens with one attached hydrogen (secondary N) is 2. The Morgan fingerprint density at radius 1 is 1.44 bits per heavy atom. The number of benzene rings is 1. The molecular formula is C12H13N3O2S. The van der Waals surface area contributed by atoms with Crippen molar-refractivity contribution in [1.29, 1.82) is 0 Å². The number of nitrogens with zero attached hydrogens (tertiary/aromatic N) is 1. The number of aromatic amines is 1. The normalized spacial score (nSPS) is 10.3. The van der Waals surface area contributed by atoms with Crippen LogP contribution in [0.2, 0.25) is 0 Å². The quantitative estimate of drug-likeness (QED) is 0.886. The third-order valence-electron chi connectivity index (χ3n) is 2.44. The predicted molar refractivity (Wildman–Crippen MR) is 71.1 cm³/mol. The Labute approximate surface area is 108 Å². The average molecular weight is 263 g/mol. The molecule has 5 nitrogen and oxygen atoms in total. The molecule has 1 aromatic carbocycles. The lowest BCUT2D eigenvalue weighted by Crippen LogP contribution is -2.14. The summed E-state index contributed by atoms with van der Waals surface area (Å²) in [6.45, 7) is 2.06. The molecule has 0 atom stereocenters. The topological polar surface area (TPSA) is 74.8 Å². The smallest absolute Gasteiger partial charge is 0.296 e. The number of carbonyl (C=O) groups excluding carboxylic acids is 1. The fourth-order valence-corrected chi connectivity index (χ4v) is 2.18. The fourth-order valence-electron chi connectivity index (χ4n) is 1.68. The SMILES string of the molecule is CCCc1ccccc1C(=O)Nc1n[nH]c(=O)s1. The Hall–Kier alpha value is -1.95. The van der Waals surface area contributed by atoms with Gasteiger partial charge in [-0.15, -0.1) is 5.10 Å². The predicted octanol–water partition coefficient (Wildman–Crippen LogP) is 2.04. The first-order valence-electron chi connectivity index (χ1n) is 5.65. The summed E-state index contributed by atoms with van der Waals surface area (Å²) in [5.74, 6) is -0.234. The number of hydrogen-bond donors (Lipinski definition) is 2. The van der Waals surface area contributed by atoms with Crippen LogP contribution in [-0.2, 0) is 6.42 Å². The second-order valence-corrected chi connectivity index (χ2v) is 4.74. The maximum Gasteiger partial charge on any atom is 0.324 e. The molecule has 0 aliphatic heterocycles. The zero-order chi connectivity index (χ0) is 13.0. The van der Waals surface area contributed by atoms with Gasteiger partial charge < -0.3 is 0 Å². The highest BCUT2D eigenvalue weighted by atomic mass is 32.1. The molecule has 0 fully saturated rings. The summed E-state index contributed by atoms with van der Waals surface area (Å²) >= 11 is 0.876. The molecule has 1 amide bonds. The lowest BCUT2D eigenvalue weighted by atomic mass is 10.0. The van der Waals surface area contributed by atoms with Gasteiger partial charge in [0.2, 0.25) is 5.13 Å². The number of H-pyrrole nitrogens is 1. The molecule has 0 aliphatic rings. The largest absolute Gasteiger partial charge is 0.324 e. The van der Waals surface area contributed by atoms with Gasteiger partial charge in [-0.2, -0.15) is 0 Å². The molecule has 6 heteroatoms. The van der Waals surface area contributed by atoms with Crippen molar-refractivity contribution >= 4 is 22.4 Å². The Morgan fingerprint density at radius 3 is 2.89 bits per heavy atom. The maximum atomic E-state index is 12.1.